The minimum absolute atomic E-state index is 0.181. The molecular formula is C13H13Cl2N3O. The van der Waals surface area contributed by atoms with Crippen LogP contribution in [0, 0.1) is 0 Å². The van der Waals surface area contributed by atoms with Crippen molar-refractivity contribution < 1.29 is 4.74 Å². The smallest absolute Gasteiger partial charge is 0.224 e. The van der Waals surface area contributed by atoms with Crippen LogP contribution in [0.4, 0.5) is 5.82 Å². The lowest BCUT2D eigenvalue weighted by molar-refractivity contribution is 0.414. The fourth-order valence-electron chi connectivity index (χ4n) is 1.68. The zero-order chi connectivity index (χ0) is 13.8. The van der Waals surface area contributed by atoms with Crippen LogP contribution in [-0.4, -0.2) is 24.1 Å². The van der Waals surface area contributed by atoms with Gasteiger partial charge in [0.15, 0.2) is 5.82 Å². The molecule has 100 valence electrons. The lowest BCUT2D eigenvalue weighted by Crippen LogP contribution is -2.18. The van der Waals surface area contributed by atoms with Gasteiger partial charge in [0.2, 0.25) is 5.28 Å². The number of halogens is 2. The maximum absolute atomic E-state index is 6.06. The van der Waals surface area contributed by atoms with E-state index in [4.69, 9.17) is 27.9 Å². The highest BCUT2D eigenvalue weighted by Crippen LogP contribution is 2.24. The molecule has 0 bridgehead atoms. The van der Waals surface area contributed by atoms with E-state index in [-0.39, 0.29) is 5.28 Å². The number of methoxy groups -OCH3 is 1. The van der Waals surface area contributed by atoms with Gasteiger partial charge in [-0.15, -0.1) is 0 Å². The van der Waals surface area contributed by atoms with Crippen molar-refractivity contribution in [3.63, 3.8) is 0 Å². The Morgan fingerprint density at radius 3 is 2.53 bits per heavy atom. The Hall–Kier alpha value is -1.52. The highest BCUT2D eigenvalue weighted by molar-refractivity contribution is 6.33. The minimum Gasteiger partial charge on any atom is -0.497 e. The van der Waals surface area contributed by atoms with Crippen LogP contribution in [0.5, 0.6) is 5.75 Å². The molecule has 0 amide bonds. The summed E-state index contributed by atoms with van der Waals surface area (Å²) in [6.45, 7) is 0.664. The first-order valence-electron chi connectivity index (χ1n) is 5.62. The molecule has 2 rings (SSSR count). The fourth-order valence-corrected chi connectivity index (χ4v) is 2.05. The quantitative estimate of drug-likeness (QED) is 0.811. The number of nitrogens with zero attached hydrogens (tertiary/aromatic N) is 3. The zero-order valence-electron chi connectivity index (χ0n) is 10.6. The van der Waals surface area contributed by atoms with Crippen molar-refractivity contribution in [3.8, 4) is 5.75 Å². The molecule has 0 atom stereocenters. The molecule has 0 unspecified atom stereocenters. The van der Waals surface area contributed by atoms with E-state index in [2.05, 4.69) is 9.97 Å². The largest absolute Gasteiger partial charge is 0.497 e. The molecule has 6 heteroatoms. The Kier molecular flexibility index (Phi) is 4.45. The molecule has 19 heavy (non-hydrogen) atoms. The summed E-state index contributed by atoms with van der Waals surface area (Å²) in [5, 5.41) is 0.654. The van der Waals surface area contributed by atoms with Gasteiger partial charge < -0.3 is 9.64 Å². The molecule has 0 saturated carbocycles. The Morgan fingerprint density at radius 2 is 1.89 bits per heavy atom. The first-order valence-corrected chi connectivity index (χ1v) is 6.38. The molecule has 4 nitrogen and oxygen atoms in total. The molecule has 0 aliphatic rings. The molecule has 0 spiro atoms. The van der Waals surface area contributed by atoms with E-state index in [1.165, 1.54) is 6.20 Å². The van der Waals surface area contributed by atoms with Crippen LogP contribution in [0.3, 0.4) is 0 Å². The van der Waals surface area contributed by atoms with Crippen molar-refractivity contribution in [2.75, 3.05) is 19.1 Å². The van der Waals surface area contributed by atoms with Gasteiger partial charge in [-0.3, -0.25) is 0 Å². The summed E-state index contributed by atoms with van der Waals surface area (Å²) in [4.78, 5) is 9.87. The Balaban J connectivity index is 2.15. The van der Waals surface area contributed by atoms with Gasteiger partial charge in [0.25, 0.3) is 0 Å². The third-order valence-corrected chi connectivity index (χ3v) is 3.09. The molecular weight excluding hydrogens is 285 g/mol. The Bertz CT molecular complexity index is 560. The molecule has 0 aliphatic carbocycles. The van der Waals surface area contributed by atoms with Gasteiger partial charge >= 0.3 is 0 Å². The number of hydrogen-bond donors (Lipinski definition) is 0. The van der Waals surface area contributed by atoms with Crippen LogP contribution < -0.4 is 9.64 Å². The van der Waals surface area contributed by atoms with Gasteiger partial charge in [-0.1, -0.05) is 23.7 Å². The van der Waals surface area contributed by atoms with Crippen LogP contribution in [0.25, 0.3) is 0 Å². The minimum atomic E-state index is 0.181. The summed E-state index contributed by atoms with van der Waals surface area (Å²) in [7, 11) is 3.54. The van der Waals surface area contributed by atoms with E-state index in [0.717, 1.165) is 11.3 Å². The summed E-state index contributed by atoms with van der Waals surface area (Å²) in [6.07, 6.45) is 1.50. The first-order chi connectivity index (χ1) is 9.10. The average Bonchev–Trinajstić information content (AvgIpc) is 2.42. The molecule has 0 N–H and O–H groups in total. The second-order valence-corrected chi connectivity index (χ2v) is 4.76. The summed E-state index contributed by atoms with van der Waals surface area (Å²) in [6, 6.07) is 7.81. The molecule has 0 aliphatic heterocycles. The topological polar surface area (TPSA) is 38.2 Å². The van der Waals surface area contributed by atoms with Crippen LogP contribution >= 0.6 is 23.2 Å². The SMILES string of the molecule is COc1ccc(CN(C)c2nc(Cl)ncc2Cl)cc1. The summed E-state index contributed by atoms with van der Waals surface area (Å²) in [5.41, 5.74) is 1.12. The second-order valence-electron chi connectivity index (χ2n) is 4.01. The van der Waals surface area contributed by atoms with Crippen molar-refractivity contribution in [3.05, 3.63) is 46.3 Å². The number of rotatable bonds is 4. The van der Waals surface area contributed by atoms with Crippen molar-refractivity contribution in [2.45, 2.75) is 6.54 Å². The van der Waals surface area contributed by atoms with Gasteiger partial charge in [0.05, 0.1) is 13.3 Å². The number of ether oxygens (including phenoxy) is 1. The van der Waals surface area contributed by atoms with Gasteiger partial charge in [-0.2, -0.15) is 4.98 Å². The predicted octanol–water partition coefficient (Wildman–Crippen LogP) is 3.43. The van der Waals surface area contributed by atoms with Crippen molar-refractivity contribution in [1.82, 2.24) is 9.97 Å². The molecule has 1 aromatic carbocycles. The highest BCUT2D eigenvalue weighted by atomic mass is 35.5. The normalized spacial score (nSPS) is 10.3. The monoisotopic (exact) mass is 297 g/mol. The maximum atomic E-state index is 6.06. The molecule has 0 fully saturated rings. The highest BCUT2D eigenvalue weighted by Gasteiger charge is 2.10. The van der Waals surface area contributed by atoms with Crippen LogP contribution in [0.1, 0.15) is 5.56 Å². The van der Waals surface area contributed by atoms with E-state index in [1.54, 1.807) is 7.11 Å². The van der Waals surface area contributed by atoms with Crippen LogP contribution in [0.15, 0.2) is 30.5 Å². The van der Waals surface area contributed by atoms with E-state index < -0.39 is 0 Å². The fraction of sp³-hybridized carbons (Fsp3) is 0.231. The third kappa shape index (κ3) is 3.49. The second kappa shape index (κ2) is 6.08. The van der Waals surface area contributed by atoms with Crippen LogP contribution in [-0.2, 0) is 6.54 Å². The number of benzene rings is 1. The van der Waals surface area contributed by atoms with E-state index in [9.17, 15) is 0 Å². The standard InChI is InChI=1S/C13H13Cl2N3O/c1-18(12-11(14)7-16-13(15)17-12)8-9-3-5-10(19-2)6-4-9/h3-7H,8H2,1-2H3. The zero-order valence-corrected chi connectivity index (χ0v) is 12.1. The van der Waals surface area contributed by atoms with Gasteiger partial charge in [-0.25, -0.2) is 4.98 Å². The van der Waals surface area contributed by atoms with E-state index in [0.29, 0.717) is 17.4 Å². The summed E-state index contributed by atoms with van der Waals surface area (Å²) >= 11 is 11.8. The molecule has 2 aromatic rings. The van der Waals surface area contributed by atoms with E-state index >= 15 is 0 Å². The molecule has 1 heterocycles. The number of aromatic nitrogens is 2. The Labute approximate surface area is 122 Å². The number of hydrogen-bond acceptors (Lipinski definition) is 4. The van der Waals surface area contributed by atoms with Crippen molar-refractivity contribution >= 4 is 29.0 Å². The first kappa shape index (κ1) is 13.9. The maximum Gasteiger partial charge on any atom is 0.224 e. The van der Waals surface area contributed by atoms with Crippen molar-refractivity contribution in [1.29, 1.82) is 0 Å². The van der Waals surface area contributed by atoms with Gasteiger partial charge in [0, 0.05) is 13.6 Å². The number of anilines is 1. The summed E-state index contributed by atoms with van der Waals surface area (Å²) in [5.74, 6) is 1.44. The lowest BCUT2D eigenvalue weighted by Gasteiger charge is -2.19. The van der Waals surface area contributed by atoms with Gasteiger partial charge in [0.1, 0.15) is 10.8 Å². The predicted molar refractivity (Wildman–Crippen MR) is 77.2 cm³/mol. The molecule has 1 aromatic heterocycles. The third-order valence-electron chi connectivity index (χ3n) is 2.64. The van der Waals surface area contributed by atoms with Crippen molar-refractivity contribution in [2.24, 2.45) is 0 Å². The van der Waals surface area contributed by atoms with E-state index in [1.807, 2.05) is 36.2 Å². The molecule has 0 saturated heterocycles. The average molecular weight is 298 g/mol. The van der Waals surface area contributed by atoms with Crippen LogP contribution in [0.2, 0.25) is 10.3 Å². The Morgan fingerprint density at radius 1 is 1.21 bits per heavy atom. The lowest BCUT2D eigenvalue weighted by atomic mass is 10.2. The molecule has 0 radical (unpaired) electrons. The summed E-state index contributed by atoms with van der Waals surface area (Å²) < 4.78 is 5.12. The van der Waals surface area contributed by atoms with Gasteiger partial charge in [-0.05, 0) is 29.3 Å².